The van der Waals surface area contributed by atoms with Crippen molar-refractivity contribution in [2.75, 3.05) is 22.7 Å². The number of ether oxygens (including phenoxy) is 2. The maximum atomic E-state index is 13.5. The number of nitrogens with one attached hydrogen (secondary N) is 1. The highest BCUT2D eigenvalue weighted by Gasteiger charge is 2.30. The topological polar surface area (TPSA) is 84.9 Å². The number of fused-ring (bicyclic) bond motifs is 1. The van der Waals surface area contributed by atoms with Crippen molar-refractivity contribution >= 4 is 27.3 Å². The summed E-state index contributed by atoms with van der Waals surface area (Å²) >= 11 is 0. The first-order chi connectivity index (χ1) is 12.7. The molecule has 0 radical (unpaired) electrons. The summed E-state index contributed by atoms with van der Waals surface area (Å²) in [5.74, 6) is -2.03. The quantitative estimate of drug-likeness (QED) is 0.837. The highest BCUT2D eigenvalue weighted by atomic mass is 32.2. The first-order valence-corrected chi connectivity index (χ1v) is 9.66. The van der Waals surface area contributed by atoms with E-state index in [1.165, 1.54) is 13.0 Å². The zero-order chi connectivity index (χ0) is 19.8. The van der Waals surface area contributed by atoms with E-state index in [0.29, 0.717) is 17.2 Å². The van der Waals surface area contributed by atoms with Crippen molar-refractivity contribution in [2.24, 2.45) is 0 Å². The van der Waals surface area contributed by atoms with Crippen LogP contribution in [0.5, 0.6) is 11.5 Å². The van der Waals surface area contributed by atoms with E-state index in [0.717, 1.165) is 28.8 Å². The average Bonchev–Trinajstić information content (AvgIpc) is 3.04. The smallest absolute Gasteiger partial charge is 0.247 e. The van der Waals surface area contributed by atoms with E-state index in [9.17, 15) is 22.0 Å². The second-order valence-electron chi connectivity index (χ2n) is 5.89. The van der Waals surface area contributed by atoms with E-state index in [4.69, 9.17) is 9.47 Å². The summed E-state index contributed by atoms with van der Waals surface area (Å²) in [5, 5.41) is 2.57. The number of hydrogen-bond acceptors (Lipinski definition) is 5. The Bertz CT molecular complexity index is 997. The third-order valence-electron chi connectivity index (χ3n) is 3.89. The molecular weight excluding hydrogens is 382 g/mol. The van der Waals surface area contributed by atoms with Gasteiger partial charge in [-0.2, -0.15) is 0 Å². The molecule has 0 saturated heterocycles. The molecule has 0 unspecified atom stereocenters. The number of carbonyl (C=O) groups excluding carboxylic acids is 1. The van der Waals surface area contributed by atoms with Crippen LogP contribution in [0.15, 0.2) is 36.4 Å². The largest absolute Gasteiger partial charge is 0.454 e. The normalized spacial score (nSPS) is 13.9. The summed E-state index contributed by atoms with van der Waals surface area (Å²) in [5.41, 5.74) is 0.208. The zero-order valence-corrected chi connectivity index (χ0v) is 15.2. The SMILES string of the molecule is C[C@@H](C(=O)Nc1ccc2c(c1)OCO2)N(c1ccc(F)c(F)c1)S(C)(=O)=O. The number of nitrogens with zero attached hydrogens (tertiary/aromatic N) is 1. The molecule has 144 valence electrons. The molecule has 2 aromatic carbocycles. The van der Waals surface area contributed by atoms with Crippen LogP contribution < -0.4 is 19.1 Å². The van der Waals surface area contributed by atoms with Crippen LogP contribution >= 0.6 is 0 Å². The fourth-order valence-electron chi connectivity index (χ4n) is 2.65. The van der Waals surface area contributed by atoms with Crippen LogP contribution in [-0.2, 0) is 14.8 Å². The van der Waals surface area contributed by atoms with E-state index < -0.39 is 33.6 Å². The van der Waals surface area contributed by atoms with Crippen LogP contribution in [0.1, 0.15) is 6.92 Å². The lowest BCUT2D eigenvalue weighted by Crippen LogP contribution is -2.45. The summed E-state index contributed by atoms with van der Waals surface area (Å²) in [6.07, 6.45) is 0.874. The minimum atomic E-state index is -3.95. The van der Waals surface area contributed by atoms with Gasteiger partial charge < -0.3 is 14.8 Å². The van der Waals surface area contributed by atoms with Crippen molar-refractivity contribution in [1.29, 1.82) is 0 Å². The Kier molecular flexibility index (Phi) is 4.92. The number of halogens is 2. The summed E-state index contributed by atoms with van der Waals surface area (Å²) < 4.78 is 62.2. The standard InChI is InChI=1S/C17H16F2N2O5S/c1-10(17(22)20-11-3-6-15-16(7-11)26-9-25-15)21(27(2,23)24)12-4-5-13(18)14(19)8-12/h3-8,10H,9H2,1-2H3,(H,20,22)/t10-/m0/s1. The van der Waals surface area contributed by atoms with E-state index in [1.807, 2.05) is 0 Å². The Morgan fingerprint density at radius 3 is 2.48 bits per heavy atom. The van der Waals surface area contributed by atoms with E-state index >= 15 is 0 Å². The second-order valence-corrected chi connectivity index (χ2v) is 7.75. The average molecular weight is 398 g/mol. The number of anilines is 2. The van der Waals surface area contributed by atoms with Crippen LogP contribution in [0.3, 0.4) is 0 Å². The van der Waals surface area contributed by atoms with Gasteiger partial charge in [0.2, 0.25) is 22.7 Å². The minimum absolute atomic E-state index is 0.0706. The molecule has 7 nitrogen and oxygen atoms in total. The van der Waals surface area contributed by atoms with Crippen LogP contribution in [-0.4, -0.2) is 33.4 Å². The van der Waals surface area contributed by atoms with Gasteiger partial charge >= 0.3 is 0 Å². The summed E-state index contributed by atoms with van der Waals surface area (Å²) in [6.45, 7) is 1.41. The van der Waals surface area contributed by atoms with Crippen molar-refractivity contribution in [1.82, 2.24) is 0 Å². The first kappa shape index (κ1) is 18.9. The summed E-state index contributed by atoms with van der Waals surface area (Å²) in [6, 6.07) is 6.09. The number of carbonyl (C=O) groups is 1. The van der Waals surface area contributed by atoms with Gasteiger partial charge in [0.25, 0.3) is 0 Å². The summed E-state index contributed by atoms with van der Waals surface area (Å²) in [4.78, 5) is 12.6. The molecule has 10 heteroatoms. The highest BCUT2D eigenvalue weighted by Crippen LogP contribution is 2.34. The monoisotopic (exact) mass is 398 g/mol. The van der Waals surface area contributed by atoms with Crippen molar-refractivity contribution in [2.45, 2.75) is 13.0 Å². The van der Waals surface area contributed by atoms with E-state index in [1.54, 1.807) is 12.1 Å². The van der Waals surface area contributed by atoms with Gasteiger partial charge in [-0.3, -0.25) is 9.10 Å². The third kappa shape index (κ3) is 3.95. The number of rotatable bonds is 5. The number of sulfonamides is 1. The van der Waals surface area contributed by atoms with Gasteiger partial charge in [0.1, 0.15) is 6.04 Å². The van der Waals surface area contributed by atoms with Crippen molar-refractivity contribution in [3.63, 3.8) is 0 Å². The van der Waals surface area contributed by atoms with Gasteiger partial charge in [0, 0.05) is 17.8 Å². The van der Waals surface area contributed by atoms with Crippen LogP contribution in [0.2, 0.25) is 0 Å². The van der Waals surface area contributed by atoms with Crippen LogP contribution in [0.25, 0.3) is 0 Å². The molecule has 2 aromatic rings. The highest BCUT2D eigenvalue weighted by molar-refractivity contribution is 7.92. The van der Waals surface area contributed by atoms with Gasteiger partial charge in [-0.25, -0.2) is 17.2 Å². The Hall–Kier alpha value is -2.88. The molecule has 0 aliphatic carbocycles. The molecular formula is C17H16F2N2O5S. The molecule has 1 N–H and O–H groups in total. The number of hydrogen-bond donors (Lipinski definition) is 1. The van der Waals surface area contributed by atoms with E-state index in [2.05, 4.69) is 5.32 Å². The number of amides is 1. The molecule has 0 saturated carbocycles. The van der Waals surface area contributed by atoms with Gasteiger partial charge in [0.15, 0.2) is 23.1 Å². The maximum Gasteiger partial charge on any atom is 0.247 e. The Labute approximate surface area is 154 Å². The predicted octanol–water partition coefficient (Wildman–Crippen LogP) is 2.49. The molecule has 1 aliphatic heterocycles. The van der Waals surface area contributed by atoms with Gasteiger partial charge in [-0.15, -0.1) is 0 Å². The lowest BCUT2D eigenvalue weighted by Gasteiger charge is -2.28. The molecule has 1 amide bonds. The minimum Gasteiger partial charge on any atom is -0.454 e. The Balaban J connectivity index is 1.86. The molecule has 0 spiro atoms. The lowest BCUT2D eigenvalue weighted by atomic mass is 10.2. The number of benzene rings is 2. The Morgan fingerprint density at radius 1 is 1.11 bits per heavy atom. The van der Waals surface area contributed by atoms with Gasteiger partial charge in [-0.1, -0.05) is 0 Å². The molecule has 27 heavy (non-hydrogen) atoms. The molecule has 1 atom stereocenters. The fourth-order valence-corrected chi connectivity index (χ4v) is 3.82. The van der Waals surface area contributed by atoms with Gasteiger partial charge in [-0.05, 0) is 31.2 Å². The van der Waals surface area contributed by atoms with Crippen molar-refractivity contribution in [3.05, 3.63) is 48.0 Å². The fraction of sp³-hybridized carbons (Fsp3) is 0.235. The second kappa shape index (κ2) is 7.03. The van der Waals surface area contributed by atoms with Crippen molar-refractivity contribution in [3.8, 4) is 11.5 Å². The van der Waals surface area contributed by atoms with Gasteiger partial charge in [0.05, 0.1) is 11.9 Å². The van der Waals surface area contributed by atoms with Crippen LogP contribution in [0, 0.1) is 11.6 Å². The Morgan fingerprint density at radius 2 is 1.81 bits per heavy atom. The molecule has 1 heterocycles. The predicted molar refractivity (Wildman–Crippen MR) is 94.3 cm³/mol. The first-order valence-electron chi connectivity index (χ1n) is 7.82. The zero-order valence-electron chi connectivity index (χ0n) is 14.4. The molecule has 0 fully saturated rings. The third-order valence-corrected chi connectivity index (χ3v) is 5.13. The van der Waals surface area contributed by atoms with Crippen molar-refractivity contribution < 1.29 is 31.5 Å². The molecule has 0 aromatic heterocycles. The maximum absolute atomic E-state index is 13.5. The molecule has 0 bridgehead atoms. The molecule has 1 aliphatic rings. The molecule has 3 rings (SSSR count). The van der Waals surface area contributed by atoms with Crippen LogP contribution in [0.4, 0.5) is 20.2 Å². The van der Waals surface area contributed by atoms with E-state index in [-0.39, 0.29) is 12.5 Å². The summed E-state index contributed by atoms with van der Waals surface area (Å²) in [7, 11) is -3.95. The lowest BCUT2D eigenvalue weighted by molar-refractivity contribution is -0.116.